The third kappa shape index (κ3) is 1.68. The largest absolute Gasteiger partial charge is 0.405 e. The minimum atomic E-state index is -1.19. The Bertz CT molecular complexity index is 2480. The summed E-state index contributed by atoms with van der Waals surface area (Å²) in [6.07, 6.45) is 13.2. The van der Waals surface area contributed by atoms with Gasteiger partial charge in [-0.2, -0.15) is 9.13 Å². The molecule has 6 aromatic heterocycles. The van der Waals surface area contributed by atoms with Crippen molar-refractivity contribution >= 4 is 56.8 Å². The summed E-state index contributed by atoms with van der Waals surface area (Å²) in [5, 5.41) is 1.52. The monoisotopic (exact) mass is 532 g/mol. The van der Waals surface area contributed by atoms with E-state index in [-0.39, 0.29) is 0 Å². The van der Waals surface area contributed by atoms with Gasteiger partial charge < -0.3 is 0 Å². The predicted molar refractivity (Wildman–Crippen MR) is 136 cm³/mol. The van der Waals surface area contributed by atoms with E-state index in [4.69, 9.17) is 20.0 Å². The van der Waals surface area contributed by atoms with E-state index in [2.05, 4.69) is 58.2 Å². The molecule has 6 aliphatic heterocycles. The van der Waals surface area contributed by atoms with Crippen molar-refractivity contribution in [3.63, 3.8) is 0 Å². The van der Waals surface area contributed by atoms with E-state index < -0.39 is 5.91 Å². The van der Waals surface area contributed by atoms with Crippen LogP contribution in [0.2, 0.25) is 0 Å². The third-order valence-electron chi connectivity index (χ3n) is 8.40. The van der Waals surface area contributed by atoms with Crippen molar-refractivity contribution in [2.75, 3.05) is 0 Å². The van der Waals surface area contributed by atoms with Gasteiger partial charge in [0, 0.05) is 24.8 Å². The lowest BCUT2D eigenvalue weighted by molar-refractivity contribution is -0.790. The van der Waals surface area contributed by atoms with Crippen molar-refractivity contribution in [1.82, 2.24) is 49.0 Å². The Morgan fingerprint density at radius 3 is 2.12 bits per heavy atom. The molecule has 0 aliphatic carbocycles. The number of hydrogen-bond donors (Lipinski definition) is 0. The van der Waals surface area contributed by atoms with Crippen molar-refractivity contribution in [2.24, 2.45) is 20.0 Å². The van der Waals surface area contributed by atoms with Gasteiger partial charge in [0.05, 0.1) is 10.8 Å². The van der Waals surface area contributed by atoms with Gasteiger partial charge in [0.25, 0.3) is 23.3 Å². The topological polar surface area (TPSA) is 168 Å². The van der Waals surface area contributed by atoms with Gasteiger partial charge in [0.1, 0.15) is 47.5 Å². The molecule has 41 heavy (non-hydrogen) atoms. The fourth-order valence-corrected chi connectivity index (χ4v) is 6.98. The van der Waals surface area contributed by atoms with Crippen LogP contribution in [0.5, 0.6) is 0 Å². The number of fused-ring (bicyclic) bond motifs is 12. The first-order valence-corrected chi connectivity index (χ1v) is 12.6. The maximum Gasteiger partial charge on any atom is 0.405 e. The van der Waals surface area contributed by atoms with E-state index in [0.717, 1.165) is 21.9 Å². The second kappa shape index (κ2) is 5.67. The smallest absolute Gasteiger partial charge is 0.244 e. The Morgan fingerprint density at radius 1 is 0.537 bits per heavy atom. The van der Waals surface area contributed by atoms with E-state index in [9.17, 15) is 0 Å². The van der Waals surface area contributed by atoms with Crippen LogP contribution in [-0.2, 0) is 5.91 Å². The van der Waals surface area contributed by atoms with Gasteiger partial charge in [-0.05, 0) is 0 Å². The van der Waals surface area contributed by atoms with Crippen molar-refractivity contribution in [2.45, 2.75) is 5.91 Å². The average Bonchev–Trinajstić information content (AvgIpc) is 3.74. The van der Waals surface area contributed by atoms with Gasteiger partial charge in [-0.3, -0.25) is 0 Å². The molecule has 16 nitrogen and oxygen atoms in total. The number of rotatable bonds is 0. The van der Waals surface area contributed by atoms with Crippen LogP contribution in [0.25, 0.3) is 21.8 Å². The summed E-state index contributed by atoms with van der Waals surface area (Å²) in [6.45, 7) is 0. The fraction of sp³-hybridized carbons (Fsp3) is 0.0400. The lowest BCUT2D eigenvalue weighted by atomic mass is 10.2. The highest BCUT2D eigenvalue weighted by Crippen LogP contribution is 2.51. The van der Waals surface area contributed by atoms with Crippen LogP contribution < -0.4 is 11.0 Å². The van der Waals surface area contributed by atoms with Crippen LogP contribution in [0.3, 0.4) is 0 Å². The molecule has 0 radical (unpaired) electrons. The minimum Gasteiger partial charge on any atom is -0.244 e. The van der Waals surface area contributed by atoms with Gasteiger partial charge >= 0.3 is 5.91 Å². The SMILES string of the molecule is c1ncc2c(n1)C1=Nc3c4cncnc4c4n3C35n6c(c7cncnc7c6=NC2=[N+]13)=NC1=[N+]5C(=N4)c2cncnc21. The Morgan fingerprint density at radius 2 is 1.22 bits per heavy atom. The molecule has 1 spiro atoms. The van der Waals surface area contributed by atoms with Gasteiger partial charge in [0.2, 0.25) is 22.6 Å². The van der Waals surface area contributed by atoms with Crippen molar-refractivity contribution < 1.29 is 9.15 Å². The molecule has 0 saturated carbocycles. The molecule has 1 atom stereocenters. The molecule has 16 heteroatoms. The van der Waals surface area contributed by atoms with Crippen LogP contribution in [0, 0.1) is 0 Å². The van der Waals surface area contributed by atoms with Crippen LogP contribution in [0.15, 0.2) is 70.1 Å². The summed E-state index contributed by atoms with van der Waals surface area (Å²) in [4.78, 5) is 56.9. The van der Waals surface area contributed by atoms with E-state index in [0.29, 0.717) is 68.4 Å². The lowest BCUT2D eigenvalue weighted by Gasteiger charge is -2.40. The number of nitrogens with zero attached hydrogens (tertiary/aromatic N) is 16. The standard InChI is InChI=1S/C25H8N16/c1-9-13(30-5-26-1)21-35-18-11-3-28-7-32-15(11)23-37-20-12-4-29-8-33-16(12)24-36-19-10-2-27-6-31-14(10)22-34-17(9)38(21)25(39(19)22,40(18)23)41(20)24/h1-8H/q+2. The first kappa shape index (κ1) is 18.9. The average molecular weight is 532 g/mol. The van der Waals surface area contributed by atoms with Gasteiger partial charge in [0.15, 0.2) is 11.4 Å². The zero-order chi connectivity index (χ0) is 26.2. The van der Waals surface area contributed by atoms with Crippen LogP contribution in [0.1, 0.15) is 22.5 Å². The predicted octanol–water partition coefficient (Wildman–Crippen LogP) is -1.13. The molecular formula is C25H8N16+2. The number of amidine groups is 4. The molecule has 0 amide bonds. The Labute approximate surface area is 224 Å². The van der Waals surface area contributed by atoms with Crippen LogP contribution in [-0.4, -0.2) is 81.5 Å². The van der Waals surface area contributed by atoms with Crippen molar-refractivity contribution in [3.8, 4) is 0 Å². The first-order valence-electron chi connectivity index (χ1n) is 12.6. The van der Waals surface area contributed by atoms with Crippen LogP contribution >= 0.6 is 0 Å². The van der Waals surface area contributed by atoms with Gasteiger partial charge in [-0.15, -0.1) is 9.15 Å². The highest BCUT2D eigenvalue weighted by atomic mass is 15.7. The Hall–Kier alpha value is -6.32. The molecule has 0 saturated heterocycles. The zero-order valence-electron chi connectivity index (χ0n) is 20.3. The second-order valence-electron chi connectivity index (χ2n) is 10.1. The number of aromatic nitrogens is 10. The molecule has 186 valence electrons. The van der Waals surface area contributed by atoms with E-state index in [1.54, 1.807) is 24.8 Å². The Balaban J connectivity index is 1.45. The van der Waals surface area contributed by atoms with E-state index >= 15 is 0 Å². The Kier molecular flexibility index (Phi) is 2.61. The highest BCUT2D eigenvalue weighted by Gasteiger charge is 2.70. The molecule has 1 unspecified atom stereocenters. The second-order valence-corrected chi connectivity index (χ2v) is 10.1. The van der Waals surface area contributed by atoms with Gasteiger partial charge in [-0.1, -0.05) is 20.0 Å². The molecule has 12 rings (SSSR count). The summed E-state index contributed by atoms with van der Waals surface area (Å²) in [5.41, 5.74) is 5.45. The first-order chi connectivity index (χ1) is 20.4. The number of hydrogen-bond acceptors (Lipinski definition) is 12. The summed E-state index contributed by atoms with van der Waals surface area (Å²) in [6, 6.07) is 0. The lowest BCUT2D eigenvalue weighted by Crippen LogP contribution is -2.71. The zero-order valence-corrected chi connectivity index (χ0v) is 20.3. The molecule has 0 bridgehead atoms. The maximum atomic E-state index is 5.19. The molecule has 0 aromatic carbocycles. The molecular weight excluding hydrogens is 524 g/mol. The normalized spacial score (nSPS) is 20.8. The fourth-order valence-electron chi connectivity index (χ4n) is 6.98. The third-order valence-corrected chi connectivity index (χ3v) is 8.40. The van der Waals surface area contributed by atoms with E-state index in [1.807, 2.05) is 0 Å². The van der Waals surface area contributed by atoms with Gasteiger partial charge in [-0.25, -0.2) is 39.9 Å². The van der Waals surface area contributed by atoms with E-state index in [1.165, 1.54) is 25.3 Å². The summed E-state index contributed by atoms with van der Waals surface area (Å²) in [5.74, 6) is 2.58. The summed E-state index contributed by atoms with van der Waals surface area (Å²) in [7, 11) is 0. The number of aliphatic imine (C=N–C) groups is 2. The summed E-state index contributed by atoms with van der Waals surface area (Å²) >= 11 is 0. The molecule has 6 aliphatic rings. The molecule has 0 N–H and O–H groups in total. The summed E-state index contributed by atoms with van der Waals surface area (Å²) < 4.78 is 8.34. The molecule has 12 heterocycles. The minimum absolute atomic E-state index is 0.619. The van der Waals surface area contributed by atoms with Crippen molar-refractivity contribution in [3.05, 3.63) is 83.6 Å². The molecule has 0 fully saturated rings. The van der Waals surface area contributed by atoms with Crippen LogP contribution in [0.4, 0.5) is 11.6 Å². The maximum absolute atomic E-state index is 5.19. The highest BCUT2D eigenvalue weighted by molar-refractivity contribution is 6.18. The quantitative estimate of drug-likeness (QED) is 0.221. The molecule has 6 aromatic rings. The van der Waals surface area contributed by atoms with Crippen molar-refractivity contribution in [1.29, 1.82) is 0 Å².